The van der Waals surface area contributed by atoms with Crippen molar-refractivity contribution in [1.82, 2.24) is 4.98 Å². The number of nitrogens with zero attached hydrogens (tertiary/aromatic N) is 1. The molecule has 3 heteroatoms. The molecule has 0 amide bonds. The Kier molecular flexibility index (Phi) is 4.46. The summed E-state index contributed by atoms with van der Waals surface area (Å²) in [6, 6.07) is 4.12. The second-order valence-electron chi connectivity index (χ2n) is 6.63. The lowest BCUT2D eigenvalue weighted by atomic mass is 9.78. The van der Waals surface area contributed by atoms with Crippen LogP contribution in [0.4, 0.5) is 5.69 Å². The lowest BCUT2D eigenvalue weighted by Crippen LogP contribution is -2.42. The highest BCUT2D eigenvalue weighted by Gasteiger charge is 2.35. The van der Waals surface area contributed by atoms with Crippen molar-refractivity contribution in [2.75, 3.05) is 18.5 Å². The molecule has 3 nitrogen and oxygen atoms in total. The first kappa shape index (κ1) is 14.3. The Morgan fingerprint density at radius 2 is 2.21 bits per heavy atom. The van der Waals surface area contributed by atoms with Gasteiger partial charge in [0.2, 0.25) is 0 Å². The van der Waals surface area contributed by atoms with E-state index in [0.717, 1.165) is 24.5 Å². The molecule has 2 rings (SSSR count). The average molecular weight is 262 g/mol. The van der Waals surface area contributed by atoms with Crippen LogP contribution in [-0.4, -0.2) is 24.2 Å². The van der Waals surface area contributed by atoms with Gasteiger partial charge in [-0.1, -0.05) is 20.8 Å². The van der Waals surface area contributed by atoms with Gasteiger partial charge < -0.3 is 10.1 Å². The molecule has 1 aromatic rings. The van der Waals surface area contributed by atoms with Crippen LogP contribution in [0, 0.1) is 18.3 Å². The molecule has 0 saturated carbocycles. The summed E-state index contributed by atoms with van der Waals surface area (Å²) in [5.41, 5.74) is 2.42. The molecule has 1 aliphatic heterocycles. The van der Waals surface area contributed by atoms with Gasteiger partial charge in [-0.25, -0.2) is 0 Å². The highest BCUT2D eigenvalue weighted by molar-refractivity contribution is 5.42. The Balaban J connectivity index is 1.97. The molecule has 106 valence electrons. The van der Waals surface area contributed by atoms with Crippen LogP contribution in [-0.2, 0) is 4.74 Å². The summed E-state index contributed by atoms with van der Waals surface area (Å²) < 4.78 is 6.01. The first-order chi connectivity index (χ1) is 8.97. The maximum Gasteiger partial charge on any atom is 0.0668 e. The minimum absolute atomic E-state index is 0.209. The molecule has 1 saturated heterocycles. The zero-order valence-electron chi connectivity index (χ0n) is 12.6. The zero-order valence-corrected chi connectivity index (χ0v) is 12.6. The van der Waals surface area contributed by atoms with Gasteiger partial charge in [0.25, 0.3) is 0 Å². The third-order valence-electron chi connectivity index (χ3n) is 3.76. The molecular formula is C16H26N2O. The number of hydrogen-bond acceptors (Lipinski definition) is 3. The molecule has 2 unspecified atom stereocenters. The summed E-state index contributed by atoms with van der Waals surface area (Å²) in [7, 11) is 0. The number of ether oxygens (including phenoxy) is 1. The van der Waals surface area contributed by atoms with Gasteiger partial charge >= 0.3 is 0 Å². The van der Waals surface area contributed by atoms with Gasteiger partial charge in [0.05, 0.1) is 6.10 Å². The SMILES string of the molecule is Cc1cc(NCC2CCCOC2C(C)(C)C)ccn1. The fraction of sp³-hybridized carbons (Fsp3) is 0.688. The highest BCUT2D eigenvalue weighted by atomic mass is 16.5. The topological polar surface area (TPSA) is 34.1 Å². The number of aryl methyl sites for hydroxylation is 1. The number of anilines is 1. The third kappa shape index (κ3) is 3.93. The predicted molar refractivity (Wildman–Crippen MR) is 79.4 cm³/mol. The fourth-order valence-electron chi connectivity index (χ4n) is 2.91. The van der Waals surface area contributed by atoms with Crippen LogP contribution < -0.4 is 5.32 Å². The molecule has 0 spiro atoms. The molecule has 1 aromatic heterocycles. The van der Waals surface area contributed by atoms with Crippen LogP contribution in [0.3, 0.4) is 0 Å². The van der Waals surface area contributed by atoms with Crippen molar-refractivity contribution >= 4 is 5.69 Å². The molecule has 2 atom stereocenters. The fourth-order valence-corrected chi connectivity index (χ4v) is 2.91. The Bertz CT molecular complexity index is 411. The second-order valence-corrected chi connectivity index (χ2v) is 6.63. The van der Waals surface area contributed by atoms with E-state index >= 15 is 0 Å². The summed E-state index contributed by atoms with van der Waals surface area (Å²) in [4.78, 5) is 4.22. The number of hydrogen-bond donors (Lipinski definition) is 1. The molecule has 0 aliphatic carbocycles. The van der Waals surface area contributed by atoms with Crippen molar-refractivity contribution in [3.8, 4) is 0 Å². The summed E-state index contributed by atoms with van der Waals surface area (Å²) in [6.45, 7) is 10.7. The zero-order chi connectivity index (χ0) is 13.9. The van der Waals surface area contributed by atoms with Gasteiger partial charge in [-0.15, -0.1) is 0 Å². The van der Waals surface area contributed by atoms with E-state index in [-0.39, 0.29) is 5.41 Å². The number of nitrogens with one attached hydrogen (secondary N) is 1. The summed E-state index contributed by atoms with van der Waals surface area (Å²) >= 11 is 0. The maximum atomic E-state index is 6.01. The Morgan fingerprint density at radius 1 is 1.42 bits per heavy atom. The Hall–Kier alpha value is -1.09. The van der Waals surface area contributed by atoms with Crippen LogP contribution in [0.2, 0.25) is 0 Å². The second kappa shape index (κ2) is 5.91. The minimum Gasteiger partial charge on any atom is -0.385 e. The smallest absolute Gasteiger partial charge is 0.0668 e. The van der Waals surface area contributed by atoms with Crippen molar-refractivity contribution in [1.29, 1.82) is 0 Å². The third-order valence-corrected chi connectivity index (χ3v) is 3.76. The van der Waals surface area contributed by atoms with E-state index in [4.69, 9.17) is 4.74 Å². The van der Waals surface area contributed by atoms with Crippen LogP contribution in [0.1, 0.15) is 39.3 Å². The van der Waals surface area contributed by atoms with Crippen molar-refractivity contribution in [2.45, 2.75) is 46.6 Å². The first-order valence-corrected chi connectivity index (χ1v) is 7.25. The minimum atomic E-state index is 0.209. The number of pyridine rings is 1. The first-order valence-electron chi connectivity index (χ1n) is 7.25. The van der Waals surface area contributed by atoms with Gasteiger partial charge in [-0.05, 0) is 37.3 Å². The molecule has 1 fully saturated rings. The summed E-state index contributed by atoms with van der Waals surface area (Å²) in [5.74, 6) is 0.585. The lowest BCUT2D eigenvalue weighted by Gasteiger charge is -2.40. The van der Waals surface area contributed by atoms with Crippen molar-refractivity contribution in [2.24, 2.45) is 11.3 Å². The molecule has 19 heavy (non-hydrogen) atoms. The summed E-state index contributed by atoms with van der Waals surface area (Å²) in [6.07, 6.45) is 4.63. The van der Waals surface area contributed by atoms with Gasteiger partial charge in [0, 0.05) is 36.6 Å². The predicted octanol–water partition coefficient (Wildman–Crippen LogP) is 3.64. The molecule has 2 heterocycles. The maximum absolute atomic E-state index is 6.01. The molecular weight excluding hydrogens is 236 g/mol. The molecule has 1 aliphatic rings. The number of rotatable bonds is 3. The highest BCUT2D eigenvalue weighted by Crippen LogP contribution is 2.34. The Morgan fingerprint density at radius 3 is 2.89 bits per heavy atom. The molecule has 1 N–H and O–H groups in total. The van der Waals surface area contributed by atoms with E-state index in [1.165, 1.54) is 12.8 Å². The average Bonchev–Trinajstić information content (AvgIpc) is 2.36. The van der Waals surface area contributed by atoms with Crippen LogP contribution >= 0.6 is 0 Å². The quantitative estimate of drug-likeness (QED) is 0.903. The summed E-state index contributed by atoms with van der Waals surface area (Å²) in [5, 5.41) is 3.54. The molecule has 0 bridgehead atoms. The van der Waals surface area contributed by atoms with E-state index in [1.807, 2.05) is 19.2 Å². The van der Waals surface area contributed by atoms with E-state index < -0.39 is 0 Å². The van der Waals surface area contributed by atoms with Crippen molar-refractivity contribution in [3.05, 3.63) is 24.0 Å². The standard InChI is InChI=1S/C16H26N2O/c1-12-10-14(7-8-17-12)18-11-13-6-5-9-19-15(13)16(2,3)4/h7-8,10,13,15H,5-6,9,11H2,1-4H3,(H,17,18). The molecule has 0 aromatic carbocycles. The van der Waals surface area contributed by atoms with Crippen LogP contribution in [0.15, 0.2) is 18.3 Å². The van der Waals surface area contributed by atoms with E-state index in [0.29, 0.717) is 12.0 Å². The van der Waals surface area contributed by atoms with Crippen LogP contribution in [0.5, 0.6) is 0 Å². The van der Waals surface area contributed by atoms with Gasteiger partial charge in [-0.2, -0.15) is 0 Å². The van der Waals surface area contributed by atoms with E-state index in [9.17, 15) is 0 Å². The lowest BCUT2D eigenvalue weighted by molar-refractivity contribution is -0.0814. The largest absolute Gasteiger partial charge is 0.385 e. The monoisotopic (exact) mass is 262 g/mol. The Labute approximate surface area is 116 Å². The van der Waals surface area contributed by atoms with E-state index in [1.54, 1.807) is 0 Å². The normalized spacial score (nSPS) is 24.2. The van der Waals surface area contributed by atoms with Crippen LogP contribution in [0.25, 0.3) is 0 Å². The van der Waals surface area contributed by atoms with Crippen molar-refractivity contribution < 1.29 is 4.74 Å². The number of aromatic nitrogens is 1. The van der Waals surface area contributed by atoms with E-state index in [2.05, 4.69) is 37.1 Å². The van der Waals surface area contributed by atoms with Gasteiger partial charge in [0.1, 0.15) is 0 Å². The van der Waals surface area contributed by atoms with Gasteiger partial charge in [0.15, 0.2) is 0 Å². The molecule has 0 radical (unpaired) electrons. The van der Waals surface area contributed by atoms with Gasteiger partial charge in [-0.3, -0.25) is 4.98 Å². The van der Waals surface area contributed by atoms with Crippen molar-refractivity contribution in [3.63, 3.8) is 0 Å².